The summed E-state index contributed by atoms with van der Waals surface area (Å²) in [7, 11) is 0. The maximum absolute atomic E-state index is 12.6. The van der Waals surface area contributed by atoms with Gasteiger partial charge in [-0.3, -0.25) is 0 Å². The van der Waals surface area contributed by atoms with E-state index in [1.807, 2.05) is 6.92 Å². The van der Waals surface area contributed by atoms with Crippen LogP contribution in [-0.2, 0) is 6.18 Å². The Balaban J connectivity index is 3.53. The summed E-state index contributed by atoms with van der Waals surface area (Å²) in [5.74, 6) is 0. The molecule has 0 fully saturated rings. The number of aryl methyl sites for hydroxylation is 2. The van der Waals surface area contributed by atoms with Gasteiger partial charge in [0.05, 0.1) is 5.56 Å². The molecule has 1 aromatic rings. The zero-order chi connectivity index (χ0) is 11.1. The highest BCUT2D eigenvalue weighted by molar-refractivity contribution is 5.45. The lowest BCUT2D eigenvalue weighted by atomic mass is 9.94. The molecule has 0 aliphatic rings. The highest BCUT2D eigenvalue weighted by Gasteiger charge is 2.34. The molecule has 0 radical (unpaired) electrons. The molecule has 3 heteroatoms. The zero-order valence-electron chi connectivity index (χ0n) is 8.71. The van der Waals surface area contributed by atoms with E-state index in [4.69, 9.17) is 0 Å². The Morgan fingerprint density at radius 2 is 1.36 bits per heavy atom. The van der Waals surface area contributed by atoms with Crippen LogP contribution < -0.4 is 0 Å². The van der Waals surface area contributed by atoms with Crippen LogP contribution in [0.5, 0.6) is 0 Å². The van der Waals surface area contributed by atoms with Gasteiger partial charge in [0.15, 0.2) is 0 Å². The maximum Gasteiger partial charge on any atom is 0.416 e. The monoisotopic (exact) mass is 202 g/mol. The largest absolute Gasteiger partial charge is 0.416 e. The van der Waals surface area contributed by atoms with E-state index in [1.165, 1.54) is 13.8 Å². The Bertz CT molecular complexity index is 362. The quantitative estimate of drug-likeness (QED) is 0.597. The maximum atomic E-state index is 12.6. The Labute approximate surface area is 81.8 Å². The molecule has 0 bridgehead atoms. The SMILES string of the molecule is Cc1cc(C)c(C(F)(F)F)c(C)c1C. The Morgan fingerprint density at radius 1 is 0.857 bits per heavy atom. The van der Waals surface area contributed by atoms with E-state index in [0.717, 1.165) is 11.1 Å². The third-order valence-corrected chi connectivity index (χ3v) is 2.64. The highest BCUT2D eigenvalue weighted by Crippen LogP contribution is 2.36. The van der Waals surface area contributed by atoms with E-state index < -0.39 is 11.7 Å². The lowest BCUT2D eigenvalue weighted by Crippen LogP contribution is -2.11. The number of benzene rings is 1. The van der Waals surface area contributed by atoms with Gasteiger partial charge in [-0.25, -0.2) is 0 Å². The topological polar surface area (TPSA) is 0 Å². The van der Waals surface area contributed by atoms with Crippen molar-refractivity contribution in [1.29, 1.82) is 0 Å². The molecule has 0 nitrogen and oxygen atoms in total. The van der Waals surface area contributed by atoms with Crippen LogP contribution in [0.3, 0.4) is 0 Å². The molecular weight excluding hydrogens is 189 g/mol. The first-order valence-corrected chi connectivity index (χ1v) is 4.39. The van der Waals surface area contributed by atoms with Crippen LogP contribution in [0.2, 0.25) is 0 Å². The van der Waals surface area contributed by atoms with Crippen molar-refractivity contribution in [2.24, 2.45) is 0 Å². The number of alkyl halides is 3. The molecule has 0 aliphatic carbocycles. The van der Waals surface area contributed by atoms with E-state index in [9.17, 15) is 13.2 Å². The Kier molecular flexibility index (Phi) is 2.61. The fourth-order valence-electron chi connectivity index (χ4n) is 1.72. The summed E-state index contributed by atoms with van der Waals surface area (Å²) in [5.41, 5.74) is 1.80. The van der Waals surface area contributed by atoms with Crippen LogP contribution in [0.25, 0.3) is 0 Å². The van der Waals surface area contributed by atoms with Crippen molar-refractivity contribution in [3.05, 3.63) is 33.9 Å². The minimum Gasteiger partial charge on any atom is -0.166 e. The molecule has 78 valence electrons. The summed E-state index contributed by atoms with van der Waals surface area (Å²) in [5, 5.41) is 0. The molecule has 0 aromatic heterocycles. The van der Waals surface area contributed by atoms with Crippen LogP contribution >= 0.6 is 0 Å². The number of halogens is 3. The predicted octanol–water partition coefficient (Wildman–Crippen LogP) is 3.94. The average molecular weight is 202 g/mol. The molecule has 0 amide bonds. The first kappa shape index (κ1) is 11.1. The van der Waals surface area contributed by atoms with Gasteiger partial charge in [0.2, 0.25) is 0 Å². The van der Waals surface area contributed by atoms with Gasteiger partial charge in [-0.1, -0.05) is 6.07 Å². The third kappa shape index (κ3) is 1.76. The minimum atomic E-state index is -4.24. The van der Waals surface area contributed by atoms with Crippen molar-refractivity contribution in [1.82, 2.24) is 0 Å². The second kappa shape index (κ2) is 3.30. The van der Waals surface area contributed by atoms with Crippen molar-refractivity contribution in [2.75, 3.05) is 0 Å². The molecule has 0 heterocycles. The van der Waals surface area contributed by atoms with E-state index in [0.29, 0.717) is 11.1 Å². The van der Waals surface area contributed by atoms with Gasteiger partial charge < -0.3 is 0 Å². The Hall–Kier alpha value is -0.990. The second-order valence-electron chi connectivity index (χ2n) is 3.63. The second-order valence-corrected chi connectivity index (χ2v) is 3.63. The van der Waals surface area contributed by atoms with Gasteiger partial charge in [-0.05, 0) is 49.9 Å². The summed E-state index contributed by atoms with van der Waals surface area (Å²) < 4.78 is 37.9. The molecule has 0 aliphatic heterocycles. The average Bonchev–Trinajstić information content (AvgIpc) is 1.97. The van der Waals surface area contributed by atoms with Gasteiger partial charge in [0.1, 0.15) is 0 Å². The number of rotatable bonds is 0. The van der Waals surface area contributed by atoms with E-state index >= 15 is 0 Å². The molecule has 0 unspecified atom stereocenters. The highest BCUT2D eigenvalue weighted by atomic mass is 19.4. The van der Waals surface area contributed by atoms with Gasteiger partial charge in [-0.2, -0.15) is 13.2 Å². The molecule has 1 aromatic carbocycles. The first-order chi connectivity index (χ1) is 6.25. The van der Waals surface area contributed by atoms with E-state index in [1.54, 1.807) is 13.0 Å². The van der Waals surface area contributed by atoms with Crippen molar-refractivity contribution >= 4 is 0 Å². The summed E-state index contributed by atoms with van der Waals surface area (Å²) in [6, 6.07) is 1.59. The van der Waals surface area contributed by atoms with Gasteiger partial charge in [0, 0.05) is 0 Å². The third-order valence-electron chi connectivity index (χ3n) is 2.64. The van der Waals surface area contributed by atoms with Gasteiger partial charge >= 0.3 is 6.18 Å². The van der Waals surface area contributed by atoms with Crippen LogP contribution in [0.15, 0.2) is 6.07 Å². The summed E-state index contributed by atoms with van der Waals surface area (Å²) in [6.45, 7) is 6.58. The summed E-state index contributed by atoms with van der Waals surface area (Å²) in [4.78, 5) is 0. The van der Waals surface area contributed by atoms with E-state index in [-0.39, 0.29) is 0 Å². The zero-order valence-corrected chi connectivity index (χ0v) is 8.71. The van der Waals surface area contributed by atoms with Crippen molar-refractivity contribution in [3.8, 4) is 0 Å². The molecule has 0 atom stereocenters. The minimum absolute atomic E-state index is 0.304. The summed E-state index contributed by atoms with van der Waals surface area (Å²) >= 11 is 0. The van der Waals surface area contributed by atoms with Crippen molar-refractivity contribution in [2.45, 2.75) is 33.9 Å². The van der Waals surface area contributed by atoms with Crippen molar-refractivity contribution in [3.63, 3.8) is 0 Å². The number of hydrogen-bond acceptors (Lipinski definition) is 0. The molecule has 0 saturated carbocycles. The fraction of sp³-hybridized carbons (Fsp3) is 0.455. The molecule has 1 rings (SSSR count). The standard InChI is InChI=1S/C11H13F3/c1-6-5-7(2)10(11(12,13)14)9(4)8(6)3/h5H,1-4H3. The van der Waals surface area contributed by atoms with Gasteiger partial charge in [0.25, 0.3) is 0 Å². The van der Waals surface area contributed by atoms with Crippen LogP contribution in [0, 0.1) is 27.7 Å². The lowest BCUT2D eigenvalue weighted by Gasteiger charge is -2.17. The lowest BCUT2D eigenvalue weighted by molar-refractivity contribution is -0.138. The molecule has 14 heavy (non-hydrogen) atoms. The molecule has 0 saturated heterocycles. The van der Waals surface area contributed by atoms with Crippen LogP contribution in [-0.4, -0.2) is 0 Å². The van der Waals surface area contributed by atoms with Crippen LogP contribution in [0.1, 0.15) is 27.8 Å². The fourth-order valence-corrected chi connectivity index (χ4v) is 1.72. The number of hydrogen-bond donors (Lipinski definition) is 0. The molecule has 0 spiro atoms. The van der Waals surface area contributed by atoms with Crippen LogP contribution in [0.4, 0.5) is 13.2 Å². The normalized spacial score (nSPS) is 11.9. The van der Waals surface area contributed by atoms with E-state index in [2.05, 4.69) is 0 Å². The predicted molar refractivity (Wildman–Crippen MR) is 50.4 cm³/mol. The Morgan fingerprint density at radius 3 is 1.79 bits per heavy atom. The van der Waals surface area contributed by atoms with Gasteiger partial charge in [-0.15, -0.1) is 0 Å². The molecular formula is C11H13F3. The van der Waals surface area contributed by atoms with Crippen molar-refractivity contribution < 1.29 is 13.2 Å². The molecule has 0 N–H and O–H groups in total. The smallest absolute Gasteiger partial charge is 0.166 e. The first-order valence-electron chi connectivity index (χ1n) is 4.39. The summed E-state index contributed by atoms with van der Waals surface area (Å²) in [6.07, 6.45) is -4.24.